The maximum atomic E-state index is 12.5. The maximum Gasteiger partial charge on any atom is 0.338 e. The molecular weight excluding hydrogens is 520 g/mol. The average molecular weight is 542 g/mol. The molecule has 1 atom stereocenters. The number of nitrogen functional groups attached to an aromatic ring is 1. The fourth-order valence-electron chi connectivity index (χ4n) is 3.22. The van der Waals surface area contributed by atoms with Crippen molar-refractivity contribution in [3.05, 3.63) is 52.1 Å². The largest absolute Gasteiger partial charge is 0.480 e. The van der Waals surface area contributed by atoms with Gasteiger partial charge < -0.3 is 37.0 Å². The van der Waals surface area contributed by atoms with Crippen molar-refractivity contribution in [3.8, 4) is 0 Å². The Morgan fingerprint density at radius 3 is 2.23 bits per heavy atom. The van der Waals surface area contributed by atoms with Gasteiger partial charge in [-0.25, -0.2) is 24.4 Å². The molecule has 0 bridgehead atoms. The lowest BCUT2D eigenvalue weighted by atomic mass is 10.1. The number of hydrogen-bond donors (Lipinski definition) is 8. The zero-order chi connectivity index (χ0) is 28.7. The Morgan fingerprint density at radius 2 is 1.62 bits per heavy atom. The van der Waals surface area contributed by atoms with Gasteiger partial charge in [-0.3, -0.25) is 19.4 Å². The molecule has 9 N–H and O–H groups in total. The number of carboxylic acid groups (broad SMARTS) is 3. The van der Waals surface area contributed by atoms with Gasteiger partial charge in [-0.2, -0.15) is 4.98 Å². The van der Waals surface area contributed by atoms with Gasteiger partial charge in [0.25, 0.3) is 11.5 Å². The number of carbonyl (C=O) groups excluding carboxylic acids is 2. The van der Waals surface area contributed by atoms with E-state index in [1.807, 2.05) is 0 Å². The second-order valence-electron chi connectivity index (χ2n) is 8.00. The highest BCUT2D eigenvalue weighted by molar-refractivity contribution is 6.01. The summed E-state index contributed by atoms with van der Waals surface area (Å²) < 4.78 is 0. The van der Waals surface area contributed by atoms with Gasteiger partial charge >= 0.3 is 17.9 Å². The van der Waals surface area contributed by atoms with Crippen LogP contribution in [0, 0.1) is 0 Å². The molecule has 1 unspecified atom stereocenters. The van der Waals surface area contributed by atoms with E-state index >= 15 is 0 Å². The third-order valence-corrected chi connectivity index (χ3v) is 5.17. The Morgan fingerprint density at radius 1 is 0.949 bits per heavy atom. The lowest BCUT2D eigenvalue weighted by Gasteiger charge is -2.15. The van der Waals surface area contributed by atoms with Crippen LogP contribution in [0.25, 0.3) is 11.2 Å². The van der Waals surface area contributed by atoms with Crippen LogP contribution in [-0.4, -0.2) is 77.1 Å². The lowest BCUT2D eigenvalue weighted by Crippen LogP contribution is -2.47. The van der Waals surface area contributed by atoms with Gasteiger partial charge in [0.2, 0.25) is 17.9 Å². The number of benzene rings is 1. The van der Waals surface area contributed by atoms with Crippen molar-refractivity contribution in [2.75, 3.05) is 11.1 Å². The number of nitrogens with one attached hydrogen (secondary N) is 4. The van der Waals surface area contributed by atoms with Crippen LogP contribution in [0.2, 0.25) is 0 Å². The van der Waals surface area contributed by atoms with E-state index < -0.39 is 60.2 Å². The van der Waals surface area contributed by atoms with E-state index in [0.29, 0.717) is 11.4 Å². The molecule has 2 aromatic heterocycles. The molecule has 2 heterocycles. The first kappa shape index (κ1) is 28.0. The van der Waals surface area contributed by atoms with Crippen LogP contribution in [0.5, 0.6) is 0 Å². The Balaban J connectivity index is 1.56. The molecule has 2 amide bonds. The first-order valence-electron chi connectivity index (χ1n) is 11.1. The Kier molecular flexibility index (Phi) is 8.67. The van der Waals surface area contributed by atoms with Crippen molar-refractivity contribution >= 4 is 52.5 Å². The minimum atomic E-state index is -2.19. The zero-order valence-electron chi connectivity index (χ0n) is 19.9. The number of amides is 2. The number of fused-ring (bicyclic) bond motifs is 1. The molecule has 0 saturated carbocycles. The molecule has 1 aromatic carbocycles. The highest BCUT2D eigenvalue weighted by Crippen LogP contribution is 2.12. The average Bonchev–Trinajstić information content (AvgIpc) is 2.88. The van der Waals surface area contributed by atoms with Gasteiger partial charge in [0.15, 0.2) is 11.2 Å². The second kappa shape index (κ2) is 12.1. The fraction of sp³-hybridized carbons (Fsp3) is 0.227. The quantitative estimate of drug-likeness (QED) is 0.121. The van der Waals surface area contributed by atoms with E-state index in [2.05, 4.69) is 30.6 Å². The van der Waals surface area contributed by atoms with Crippen molar-refractivity contribution in [1.82, 2.24) is 30.6 Å². The summed E-state index contributed by atoms with van der Waals surface area (Å²) in [6, 6.07) is 2.22. The summed E-state index contributed by atoms with van der Waals surface area (Å²) in [5.74, 6) is -6.88. The fourth-order valence-corrected chi connectivity index (χ4v) is 3.22. The van der Waals surface area contributed by atoms with Crippen LogP contribution < -0.4 is 27.2 Å². The predicted octanol–water partition coefficient (Wildman–Crippen LogP) is -1.48. The van der Waals surface area contributed by atoms with Gasteiger partial charge in [-0.05, 0) is 30.7 Å². The number of aliphatic carboxylic acids is 3. The predicted molar refractivity (Wildman–Crippen MR) is 131 cm³/mol. The number of rotatable bonds is 12. The number of anilines is 2. The molecule has 0 spiro atoms. The monoisotopic (exact) mass is 542 g/mol. The van der Waals surface area contributed by atoms with Gasteiger partial charge in [-0.15, -0.1) is 0 Å². The minimum Gasteiger partial charge on any atom is -0.480 e. The topological polar surface area (TPSA) is 280 Å². The molecule has 3 aromatic rings. The standard InChI is InChI=1S/C22H22N8O9/c23-22-29-16-14(18(33)30-22)26-11(8-25-16)7-24-10-3-1-9(2-4-10)17(32)27-12(19(34)35)5-6-13(31)28-15(20(36)37)21(38)39/h1-4,8,12,15,24H,5-7H2,(H,27,32)(H,28,31)(H,34,35)(H,36,37)(H,38,39)(H3,23,25,29,30,33). The lowest BCUT2D eigenvalue weighted by molar-refractivity contribution is -0.153. The number of aromatic amines is 1. The smallest absolute Gasteiger partial charge is 0.338 e. The third-order valence-electron chi connectivity index (χ3n) is 5.17. The second-order valence-corrected chi connectivity index (χ2v) is 8.00. The SMILES string of the molecule is Nc1nc2ncc(CNc3ccc(C(=O)NC(CCC(=O)NC(C(=O)O)C(=O)O)C(=O)O)cc3)nc2c(=O)[nH]1. The van der Waals surface area contributed by atoms with Crippen LogP contribution in [0.4, 0.5) is 11.6 Å². The van der Waals surface area contributed by atoms with Crippen molar-refractivity contribution in [1.29, 1.82) is 0 Å². The molecular formula is C22H22N8O9. The van der Waals surface area contributed by atoms with E-state index in [-0.39, 0.29) is 29.2 Å². The first-order valence-corrected chi connectivity index (χ1v) is 11.1. The number of carboxylic acids is 3. The highest BCUT2D eigenvalue weighted by Gasteiger charge is 2.28. The molecule has 0 radical (unpaired) electrons. The van der Waals surface area contributed by atoms with Crippen molar-refractivity contribution in [3.63, 3.8) is 0 Å². The van der Waals surface area contributed by atoms with Crippen molar-refractivity contribution in [2.45, 2.75) is 31.5 Å². The number of aromatic nitrogens is 4. The summed E-state index contributed by atoms with van der Waals surface area (Å²) in [7, 11) is 0. The van der Waals surface area contributed by atoms with E-state index in [0.717, 1.165) is 0 Å². The number of nitrogens with two attached hydrogens (primary N) is 1. The molecule has 0 saturated heterocycles. The van der Waals surface area contributed by atoms with Crippen LogP contribution in [0.1, 0.15) is 28.9 Å². The minimum absolute atomic E-state index is 0.0181. The normalized spacial score (nSPS) is 11.5. The molecule has 17 nitrogen and oxygen atoms in total. The summed E-state index contributed by atoms with van der Waals surface area (Å²) in [5.41, 5.74) is 6.15. The summed E-state index contributed by atoms with van der Waals surface area (Å²) in [6.07, 6.45) is 0.444. The molecule has 17 heteroatoms. The van der Waals surface area contributed by atoms with Gasteiger partial charge in [0, 0.05) is 17.7 Å². The van der Waals surface area contributed by atoms with E-state index in [1.165, 1.54) is 18.3 Å². The molecule has 204 valence electrons. The Labute approximate surface area is 217 Å². The molecule has 0 aliphatic carbocycles. The number of carbonyl (C=O) groups is 5. The van der Waals surface area contributed by atoms with Gasteiger partial charge in [0.05, 0.1) is 18.4 Å². The Bertz CT molecular complexity index is 1480. The summed E-state index contributed by atoms with van der Waals surface area (Å²) >= 11 is 0. The van der Waals surface area contributed by atoms with Crippen LogP contribution in [0.15, 0.2) is 35.3 Å². The van der Waals surface area contributed by atoms with Gasteiger partial charge in [-0.1, -0.05) is 0 Å². The van der Waals surface area contributed by atoms with E-state index in [4.69, 9.17) is 15.9 Å². The molecule has 0 fully saturated rings. The van der Waals surface area contributed by atoms with Crippen LogP contribution in [0.3, 0.4) is 0 Å². The van der Waals surface area contributed by atoms with Crippen molar-refractivity contribution in [2.24, 2.45) is 0 Å². The molecule has 3 rings (SSSR count). The van der Waals surface area contributed by atoms with Crippen molar-refractivity contribution < 1.29 is 39.3 Å². The summed E-state index contributed by atoms with van der Waals surface area (Å²) in [4.78, 5) is 84.1. The molecule has 0 aliphatic rings. The summed E-state index contributed by atoms with van der Waals surface area (Å²) in [6.45, 7) is 0.173. The zero-order valence-corrected chi connectivity index (χ0v) is 19.9. The van der Waals surface area contributed by atoms with E-state index in [1.54, 1.807) is 17.4 Å². The number of nitrogens with zero attached hydrogens (tertiary/aromatic N) is 3. The van der Waals surface area contributed by atoms with E-state index in [9.17, 15) is 33.9 Å². The molecule has 0 aliphatic heterocycles. The maximum absolute atomic E-state index is 12.5. The number of hydrogen-bond acceptors (Lipinski definition) is 11. The summed E-state index contributed by atoms with van der Waals surface area (Å²) in [5, 5.41) is 34.0. The number of H-pyrrole nitrogens is 1. The third kappa shape index (κ3) is 7.44. The van der Waals surface area contributed by atoms with Crippen LogP contribution in [-0.2, 0) is 25.7 Å². The van der Waals surface area contributed by atoms with Gasteiger partial charge in [0.1, 0.15) is 6.04 Å². The first-order chi connectivity index (χ1) is 18.4. The molecule has 39 heavy (non-hydrogen) atoms. The van der Waals surface area contributed by atoms with Crippen LogP contribution >= 0.6 is 0 Å². The highest BCUT2D eigenvalue weighted by atomic mass is 16.4. The Hall–Kier alpha value is -5.61.